The van der Waals surface area contributed by atoms with Crippen molar-refractivity contribution < 1.29 is 9.82 Å². The fraction of sp³-hybridized carbons (Fsp3) is 0.130. The van der Waals surface area contributed by atoms with E-state index in [-0.39, 0.29) is 11.2 Å². The Labute approximate surface area is 178 Å². The molecule has 8 heteroatoms. The molecule has 0 spiro atoms. The Balaban J connectivity index is 1.64. The molecule has 0 aliphatic heterocycles. The van der Waals surface area contributed by atoms with Gasteiger partial charge in [0.15, 0.2) is 6.67 Å². The molecule has 1 unspecified atom stereocenters. The summed E-state index contributed by atoms with van der Waals surface area (Å²) in [4.78, 5) is 23.7. The van der Waals surface area contributed by atoms with Crippen LogP contribution in [0.4, 0.5) is 5.69 Å². The summed E-state index contributed by atoms with van der Waals surface area (Å²) >= 11 is 0. The molecule has 156 valence electrons. The minimum atomic E-state index is -0.497. The molecule has 0 fully saturated rings. The fourth-order valence-electron chi connectivity index (χ4n) is 3.51. The summed E-state index contributed by atoms with van der Waals surface area (Å²) < 4.78 is 3.22. The number of aromatic nitrogens is 3. The second-order valence-corrected chi connectivity index (χ2v) is 7.39. The lowest BCUT2D eigenvalue weighted by atomic mass is 10.1. The lowest BCUT2D eigenvalue weighted by molar-refractivity contribution is -0.917. The third-order valence-electron chi connectivity index (χ3n) is 4.97. The van der Waals surface area contributed by atoms with Crippen molar-refractivity contribution in [3.05, 3.63) is 111 Å². The van der Waals surface area contributed by atoms with E-state index in [1.807, 2.05) is 78.6 Å². The number of nitrogens with zero attached hydrogens (tertiary/aromatic N) is 4. The minimum absolute atomic E-state index is 0.103. The van der Waals surface area contributed by atoms with Crippen LogP contribution in [-0.2, 0) is 13.2 Å². The molecule has 4 aromatic rings. The first kappa shape index (κ1) is 20.2. The molecule has 0 amide bonds. The molecule has 0 saturated carbocycles. The second-order valence-electron chi connectivity index (χ2n) is 7.39. The molecule has 2 heterocycles. The van der Waals surface area contributed by atoms with Gasteiger partial charge < -0.3 is 4.90 Å². The summed E-state index contributed by atoms with van der Waals surface area (Å²) in [6.45, 7) is 0.886. The Kier molecular flexibility index (Phi) is 5.72. The van der Waals surface area contributed by atoms with Crippen LogP contribution in [0.5, 0.6) is 0 Å². The summed E-state index contributed by atoms with van der Waals surface area (Å²) in [5.41, 5.74) is 3.48. The Morgan fingerprint density at radius 1 is 0.968 bits per heavy atom. The van der Waals surface area contributed by atoms with E-state index in [9.17, 15) is 14.9 Å². The summed E-state index contributed by atoms with van der Waals surface area (Å²) in [5.74, 6) is 0. The van der Waals surface area contributed by atoms with E-state index >= 15 is 0 Å². The predicted molar refractivity (Wildman–Crippen MR) is 117 cm³/mol. The third kappa shape index (κ3) is 4.59. The van der Waals surface area contributed by atoms with Crippen molar-refractivity contribution in [3.63, 3.8) is 0 Å². The van der Waals surface area contributed by atoms with Gasteiger partial charge in [0.25, 0.3) is 11.2 Å². The lowest BCUT2D eigenvalue weighted by Gasteiger charge is -2.15. The first-order valence-corrected chi connectivity index (χ1v) is 9.87. The first-order chi connectivity index (χ1) is 15.0. The summed E-state index contributed by atoms with van der Waals surface area (Å²) in [7, 11) is 1.94. The molecule has 1 atom stereocenters. The fourth-order valence-corrected chi connectivity index (χ4v) is 3.51. The van der Waals surface area contributed by atoms with E-state index in [4.69, 9.17) is 5.10 Å². The summed E-state index contributed by atoms with van der Waals surface area (Å²) in [6.07, 6.45) is 3.29. The zero-order valence-corrected chi connectivity index (χ0v) is 17.0. The predicted octanol–water partition coefficient (Wildman–Crippen LogP) is 2.28. The highest BCUT2D eigenvalue weighted by atomic mass is 16.6. The molecular formula is C23H22N5O3+. The van der Waals surface area contributed by atoms with Crippen LogP contribution in [-0.4, -0.2) is 26.3 Å². The molecule has 0 radical (unpaired) electrons. The number of quaternary nitrogens is 1. The van der Waals surface area contributed by atoms with E-state index in [0.717, 1.165) is 27.4 Å². The zero-order valence-electron chi connectivity index (χ0n) is 17.0. The Morgan fingerprint density at radius 3 is 2.32 bits per heavy atom. The van der Waals surface area contributed by atoms with Crippen LogP contribution in [0.3, 0.4) is 0 Å². The maximum Gasteiger partial charge on any atom is 0.285 e. The van der Waals surface area contributed by atoms with Crippen molar-refractivity contribution in [2.45, 2.75) is 13.2 Å². The van der Waals surface area contributed by atoms with Crippen molar-refractivity contribution in [1.29, 1.82) is 0 Å². The number of para-hydroxylation sites is 1. The summed E-state index contributed by atoms with van der Waals surface area (Å²) in [5, 5.41) is 15.9. The molecule has 2 aromatic heterocycles. The van der Waals surface area contributed by atoms with Gasteiger partial charge in [0.2, 0.25) is 0 Å². The quantitative estimate of drug-likeness (QED) is 0.370. The molecule has 4 rings (SSSR count). The molecule has 1 N–H and O–H groups in total. The topological polar surface area (TPSA) is 87.4 Å². The van der Waals surface area contributed by atoms with Gasteiger partial charge in [-0.15, -0.1) is 0 Å². The largest absolute Gasteiger partial charge is 0.316 e. The van der Waals surface area contributed by atoms with Crippen LogP contribution in [0.2, 0.25) is 0 Å². The Bertz CT molecular complexity index is 1250. The standard InChI is InChI=1S/C23H21N5O3/c1-25(17-26-16-21(28(30)31)12-13-22(26)29)14-19-15-27(20-10-6-3-7-11-20)24-23(19)18-8-4-2-5-9-18/h2-13,15-16H,14,17H2,1H3/p+1. The van der Waals surface area contributed by atoms with Gasteiger partial charge in [-0.1, -0.05) is 48.5 Å². The van der Waals surface area contributed by atoms with Crippen molar-refractivity contribution in [1.82, 2.24) is 14.3 Å². The van der Waals surface area contributed by atoms with Crippen molar-refractivity contribution in [3.8, 4) is 16.9 Å². The lowest BCUT2D eigenvalue weighted by Crippen LogP contribution is -3.07. The van der Waals surface area contributed by atoms with Gasteiger partial charge in [-0.05, 0) is 12.1 Å². The number of rotatable bonds is 7. The highest BCUT2D eigenvalue weighted by Crippen LogP contribution is 2.23. The van der Waals surface area contributed by atoms with Crippen LogP contribution in [0.15, 0.2) is 90.0 Å². The van der Waals surface area contributed by atoms with Crippen molar-refractivity contribution >= 4 is 5.69 Å². The molecule has 31 heavy (non-hydrogen) atoms. The van der Waals surface area contributed by atoms with Crippen LogP contribution in [0.1, 0.15) is 5.56 Å². The SMILES string of the molecule is C[NH+](Cc1cn(-c2ccccc2)nc1-c1ccccc1)Cn1cc([N+](=O)[O-])ccc1=O. The highest BCUT2D eigenvalue weighted by Gasteiger charge is 2.17. The monoisotopic (exact) mass is 416 g/mol. The number of nitrogens with one attached hydrogen (secondary N) is 1. The van der Waals surface area contributed by atoms with Crippen molar-refractivity contribution in [2.24, 2.45) is 0 Å². The van der Waals surface area contributed by atoms with E-state index in [0.29, 0.717) is 13.2 Å². The normalized spacial score (nSPS) is 11.9. The van der Waals surface area contributed by atoms with Crippen molar-refractivity contribution in [2.75, 3.05) is 7.05 Å². The number of pyridine rings is 1. The van der Waals surface area contributed by atoms with Gasteiger partial charge in [0, 0.05) is 23.9 Å². The first-order valence-electron chi connectivity index (χ1n) is 9.87. The highest BCUT2D eigenvalue weighted by molar-refractivity contribution is 5.63. The van der Waals surface area contributed by atoms with E-state index in [2.05, 4.69) is 0 Å². The maximum absolute atomic E-state index is 12.2. The average Bonchev–Trinajstić information content (AvgIpc) is 3.20. The van der Waals surface area contributed by atoms with Gasteiger partial charge in [-0.25, -0.2) is 4.68 Å². The van der Waals surface area contributed by atoms with Gasteiger partial charge in [-0.3, -0.25) is 19.5 Å². The van der Waals surface area contributed by atoms with E-state index in [1.54, 1.807) is 0 Å². The molecule has 0 aliphatic rings. The molecule has 0 bridgehead atoms. The summed E-state index contributed by atoms with van der Waals surface area (Å²) in [6, 6.07) is 22.3. The molecule has 2 aromatic carbocycles. The second kappa shape index (κ2) is 8.76. The minimum Gasteiger partial charge on any atom is -0.316 e. The molecule has 0 aliphatic carbocycles. The van der Waals surface area contributed by atoms with E-state index in [1.165, 1.54) is 22.9 Å². The average molecular weight is 416 g/mol. The van der Waals surface area contributed by atoms with Crippen LogP contribution in [0, 0.1) is 10.1 Å². The molecule has 8 nitrogen and oxygen atoms in total. The number of hydrogen-bond donors (Lipinski definition) is 1. The third-order valence-corrected chi connectivity index (χ3v) is 4.97. The van der Waals surface area contributed by atoms with Gasteiger partial charge in [0.05, 0.1) is 29.4 Å². The maximum atomic E-state index is 12.2. The smallest absolute Gasteiger partial charge is 0.285 e. The molecule has 0 saturated heterocycles. The van der Waals surface area contributed by atoms with Gasteiger partial charge in [0.1, 0.15) is 12.2 Å². The van der Waals surface area contributed by atoms with Gasteiger partial charge >= 0.3 is 0 Å². The Morgan fingerprint density at radius 2 is 1.65 bits per heavy atom. The van der Waals surface area contributed by atoms with Gasteiger partial charge in [-0.2, -0.15) is 5.10 Å². The van der Waals surface area contributed by atoms with E-state index < -0.39 is 4.92 Å². The van der Waals surface area contributed by atoms with Crippen LogP contribution >= 0.6 is 0 Å². The van der Waals surface area contributed by atoms with Crippen LogP contribution in [0.25, 0.3) is 16.9 Å². The zero-order chi connectivity index (χ0) is 21.8. The Hall–Kier alpha value is -4.04. The number of benzene rings is 2. The molecular weight excluding hydrogens is 394 g/mol. The van der Waals surface area contributed by atoms with Crippen LogP contribution < -0.4 is 10.5 Å². The number of nitro groups is 1. The number of hydrogen-bond acceptors (Lipinski definition) is 4.